The zero-order valence-electron chi connectivity index (χ0n) is 17.8. The summed E-state index contributed by atoms with van der Waals surface area (Å²) in [4.78, 5) is 21.1. The summed E-state index contributed by atoms with van der Waals surface area (Å²) in [5.74, 6) is 0.709. The van der Waals surface area contributed by atoms with Crippen molar-refractivity contribution in [2.24, 2.45) is 0 Å². The maximum absolute atomic E-state index is 12.8. The maximum Gasteiger partial charge on any atom is 0.293 e. The van der Waals surface area contributed by atoms with Gasteiger partial charge in [0.25, 0.3) is 5.91 Å². The van der Waals surface area contributed by atoms with Crippen LogP contribution in [0.1, 0.15) is 27.8 Å². The van der Waals surface area contributed by atoms with Crippen LogP contribution in [0.4, 0.5) is 5.69 Å². The van der Waals surface area contributed by atoms with E-state index in [2.05, 4.69) is 34.0 Å². The lowest BCUT2D eigenvalue weighted by atomic mass is 10.1. The topological polar surface area (TPSA) is 83.7 Å². The highest BCUT2D eigenvalue weighted by Crippen LogP contribution is 2.21. The SMILES string of the molecule is COc1ccc(C(O)Cn2cnc(C(=O)N3CCN(c4ccccc4C)CC3)n2)cc1. The highest BCUT2D eigenvalue weighted by molar-refractivity contribution is 5.90. The van der Waals surface area contributed by atoms with E-state index in [4.69, 9.17) is 4.74 Å². The Morgan fingerprint density at radius 3 is 2.48 bits per heavy atom. The van der Waals surface area contributed by atoms with E-state index in [1.165, 1.54) is 22.3 Å². The molecule has 0 radical (unpaired) electrons. The number of nitrogens with zero attached hydrogens (tertiary/aromatic N) is 5. The Labute approximate surface area is 181 Å². The molecule has 1 N–H and O–H groups in total. The van der Waals surface area contributed by atoms with Crippen molar-refractivity contribution in [3.63, 3.8) is 0 Å². The molecule has 0 bridgehead atoms. The predicted molar refractivity (Wildman–Crippen MR) is 117 cm³/mol. The van der Waals surface area contributed by atoms with Gasteiger partial charge in [-0.15, -0.1) is 5.10 Å². The number of rotatable bonds is 6. The van der Waals surface area contributed by atoms with Gasteiger partial charge >= 0.3 is 0 Å². The van der Waals surface area contributed by atoms with Crippen molar-refractivity contribution in [1.82, 2.24) is 19.7 Å². The number of aryl methyl sites for hydroxylation is 1. The third kappa shape index (κ3) is 4.69. The molecule has 0 aliphatic carbocycles. The van der Waals surface area contributed by atoms with Crippen LogP contribution in [0.15, 0.2) is 54.9 Å². The molecular weight excluding hydrogens is 394 g/mol. The number of anilines is 1. The van der Waals surface area contributed by atoms with Crippen molar-refractivity contribution >= 4 is 11.6 Å². The van der Waals surface area contributed by atoms with Gasteiger partial charge in [0.05, 0.1) is 19.8 Å². The first-order chi connectivity index (χ1) is 15.0. The van der Waals surface area contributed by atoms with Crippen LogP contribution in [0.3, 0.4) is 0 Å². The van der Waals surface area contributed by atoms with E-state index in [-0.39, 0.29) is 18.3 Å². The first-order valence-electron chi connectivity index (χ1n) is 10.4. The fourth-order valence-corrected chi connectivity index (χ4v) is 3.80. The Morgan fingerprint density at radius 1 is 1.10 bits per heavy atom. The molecule has 4 rings (SSSR count). The molecule has 1 unspecified atom stereocenters. The highest BCUT2D eigenvalue weighted by Gasteiger charge is 2.25. The third-order valence-electron chi connectivity index (χ3n) is 5.61. The second-order valence-electron chi connectivity index (χ2n) is 7.64. The molecule has 8 heteroatoms. The normalized spacial score (nSPS) is 15.1. The van der Waals surface area contributed by atoms with E-state index in [1.54, 1.807) is 36.3 Å². The molecule has 0 saturated carbocycles. The molecule has 1 aliphatic rings. The van der Waals surface area contributed by atoms with Gasteiger partial charge in [0.2, 0.25) is 5.82 Å². The van der Waals surface area contributed by atoms with E-state index in [1.807, 2.05) is 12.1 Å². The lowest BCUT2D eigenvalue weighted by Gasteiger charge is -2.36. The number of benzene rings is 2. The summed E-state index contributed by atoms with van der Waals surface area (Å²) in [5, 5.41) is 14.8. The molecule has 3 aromatic rings. The van der Waals surface area contributed by atoms with E-state index in [9.17, 15) is 9.90 Å². The molecule has 1 aromatic heterocycles. The smallest absolute Gasteiger partial charge is 0.293 e. The number of ether oxygens (including phenoxy) is 1. The van der Waals surface area contributed by atoms with Gasteiger partial charge in [0, 0.05) is 31.9 Å². The fraction of sp³-hybridized carbons (Fsp3) is 0.348. The van der Waals surface area contributed by atoms with Gasteiger partial charge in [-0.2, -0.15) is 0 Å². The van der Waals surface area contributed by atoms with E-state index in [0.29, 0.717) is 13.1 Å². The van der Waals surface area contributed by atoms with Crippen molar-refractivity contribution in [2.45, 2.75) is 19.6 Å². The van der Waals surface area contributed by atoms with E-state index < -0.39 is 6.10 Å². The summed E-state index contributed by atoms with van der Waals surface area (Å²) in [6, 6.07) is 15.5. The molecule has 1 fully saturated rings. The zero-order chi connectivity index (χ0) is 21.8. The monoisotopic (exact) mass is 421 g/mol. The molecule has 1 amide bonds. The van der Waals surface area contributed by atoms with Gasteiger partial charge < -0.3 is 19.6 Å². The standard InChI is InChI=1S/C23H27N5O3/c1-17-5-3-4-6-20(17)26-11-13-27(14-12-26)23(30)22-24-16-28(25-22)15-21(29)18-7-9-19(31-2)10-8-18/h3-10,16,21,29H,11-15H2,1-2H3. The maximum atomic E-state index is 12.8. The number of hydrogen-bond donors (Lipinski definition) is 1. The summed E-state index contributed by atoms with van der Waals surface area (Å²) in [5.41, 5.74) is 3.19. The van der Waals surface area contributed by atoms with Crippen LogP contribution >= 0.6 is 0 Å². The van der Waals surface area contributed by atoms with Crippen LogP contribution in [-0.2, 0) is 6.54 Å². The molecule has 2 heterocycles. The molecule has 2 aromatic carbocycles. The van der Waals surface area contributed by atoms with Crippen molar-refractivity contribution in [2.75, 3.05) is 38.2 Å². The third-order valence-corrected chi connectivity index (χ3v) is 5.61. The average Bonchev–Trinajstić information content (AvgIpc) is 3.27. The number of piperazine rings is 1. The van der Waals surface area contributed by atoms with Crippen LogP contribution in [0.5, 0.6) is 5.75 Å². The highest BCUT2D eigenvalue weighted by atomic mass is 16.5. The van der Waals surface area contributed by atoms with Gasteiger partial charge in [-0.05, 0) is 36.2 Å². The molecule has 162 valence electrons. The average molecular weight is 422 g/mol. The molecule has 1 aliphatic heterocycles. The number of carbonyl (C=O) groups is 1. The number of aromatic nitrogens is 3. The van der Waals surface area contributed by atoms with Gasteiger partial charge in [-0.3, -0.25) is 4.79 Å². The quantitative estimate of drug-likeness (QED) is 0.658. The lowest BCUT2D eigenvalue weighted by molar-refractivity contribution is 0.0733. The van der Waals surface area contributed by atoms with Crippen molar-refractivity contribution in [1.29, 1.82) is 0 Å². The summed E-state index contributed by atoms with van der Waals surface area (Å²) >= 11 is 0. The minimum atomic E-state index is -0.756. The summed E-state index contributed by atoms with van der Waals surface area (Å²) in [6.45, 7) is 5.10. The Morgan fingerprint density at radius 2 is 1.81 bits per heavy atom. The molecule has 0 spiro atoms. The Kier molecular flexibility index (Phi) is 6.18. The summed E-state index contributed by atoms with van der Waals surface area (Å²) in [6.07, 6.45) is 0.733. The van der Waals surface area contributed by atoms with E-state index >= 15 is 0 Å². The van der Waals surface area contributed by atoms with Gasteiger partial charge in [0.15, 0.2) is 0 Å². The minimum absolute atomic E-state index is 0.159. The van der Waals surface area contributed by atoms with E-state index in [0.717, 1.165) is 24.4 Å². The minimum Gasteiger partial charge on any atom is -0.497 e. The number of amides is 1. The second kappa shape index (κ2) is 9.18. The fourth-order valence-electron chi connectivity index (χ4n) is 3.80. The largest absolute Gasteiger partial charge is 0.497 e. The van der Waals surface area contributed by atoms with Crippen LogP contribution in [0, 0.1) is 6.92 Å². The lowest BCUT2D eigenvalue weighted by Crippen LogP contribution is -2.49. The number of methoxy groups -OCH3 is 1. The number of aliphatic hydroxyl groups is 1. The number of para-hydroxylation sites is 1. The van der Waals surface area contributed by atoms with Crippen molar-refractivity contribution in [3.05, 3.63) is 71.8 Å². The second-order valence-corrected chi connectivity index (χ2v) is 7.64. The first kappa shape index (κ1) is 20.9. The van der Waals surface area contributed by atoms with Crippen LogP contribution in [-0.4, -0.2) is 64.0 Å². The van der Waals surface area contributed by atoms with Gasteiger partial charge in [-0.25, -0.2) is 9.67 Å². The van der Waals surface area contributed by atoms with Gasteiger partial charge in [0.1, 0.15) is 12.1 Å². The number of aliphatic hydroxyl groups excluding tert-OH is 1. The Bertz CT molecular complexity index is 1030. The van der Waals surface area contributed by atoms with Crippen LogP contribution < -0.4 is 9.64 Å². The van der Waals surface area contributed by atoms with Crippen molar-refractivity contribution < 1.29 is 14.6 Å². The number of hydrogen-bond acceptors (Lipinski definition) is 6. The Hall–Kier alpha value is -3.39. The van der Waals surface area contributed by atoms with Gasteiger partial charge in [-0.1, -0.05) is 30.3 Å². The first-order valence-corrected chi connectivity index (χ1v) is 10.4. The van der Waals surface area contributed by atoms with Crippen LogP contribution in [0.25, 0.3) is 0 Å². The number of carbonyl (C=O) groups excluding carboxylic acids is 1. The summed E-state index contributed by atoms with van der Waals surface area (Å²) < 4.78 is 6.64. The van der Waals surface area contributed by atoms with Crippen LogP contribution in [0.2, 0.25) is 0 Å². The molecule has 31 heavy (non-hydrogen) atoms. The molecule has 1 atom stereocenters. The molecule has 1 saturated heterocycles. The van der Waals surface area contributed by atoms with Crippen molar-refractivity contribution in [3.8, 4) is 5.75 Å². The molecule has 8 nitrogen and oxygen atoms in total. The molecular formula is C23H27N5O3. The zero-order valence-corrected chi connectivity index (χ0v) is 17.8. The Balaban J connectivity index is 1.34. The predicted octanol–water partition coefficient (Wildman–Crippen LogP) is 2.29. The summed E-state index contributed by atoms with van der Waals surface area (Å²) in [7, 11) is 1.60.